The van der Waals surface area contributed by atoms with Crippen molar-refractivity contribution in [1.29, 1.82) is 0 Å². The molecule has 4 saturated carbocycles. The maximum Gasteiger partial charge on any atom is 0.0731 e. The van der Waals surface area contributed by atoms with E-state index in [4.69, 9.17) is 0 Å². The van der Waals surface area contributed by atoms with Gasteiger partial charge in [0.25, 0.3) is 0 Å². The summed E-state index contributed by atoms with van der Waals surface area (Å²) in [4.78, 5) is 0. The number of hydrogen-bond acceptors (Lipinski definition) is 1. The number of hydrogen-bond donors (Lipinski definition) is 1. The zero-order valence-electron chi connectivity index (χ0n) is 13.5. The number of aliphatic hydroxyl groups is 1. The Kier molecular flexibility index (Phi) is 2.89. The summed E-state index contributed by atoms with van der Waals surface area (Å²) in [6.45, 7) is 4.99. The lowest BCUT2D eigenvalue weighted by atomic mass is 9.44. The Labute approximate surface area is 124 Å². The Morgan fingerprint density at radius 1 is 0.750 bits per heavy atom. The van der Waals surface area contributed by atoms with Crippen molar-refractivity contribution in [2.45, 2.75) is 90.1 Å². The molecule has 6 atom stereocenters. The lowest BCUT2D eigenvalue weighted by molar-refractivity contribution is -0.197. The molecule has 114 valence electrons. The lowest BCUT2D eigenvalue weighted by Crippen LogP contribution is -2.60. The second-order valence-electron chi connectivity index (χ2n) is 9.12. The maximum absolute atomic E-state index is 11.6. The Bertz CT molecular complexity index is 405. The Balaban J connectivity index is 1.70. The van der Waals surface area contributed by atoms with Crippen LogP contribution in [0.15, 0.2) is 0 Å². The van der Waals surface area contributed by atoms with Crippen LogP contribution < -0.4 is 0 Å². The molecule has 0 saturated heterocycles. The van der Waals surface area contributed by atoms with Crippen molar-refractivity contribution in [3.8, 4) is 0 Å². The Morgan fingerprint density at radius 3 is 2.45 bits per heavy atom. The average Bonchev–Trinajstić information content (AvgIpc) is 2.74. The fraction of sp³-hybridized carbons (Fsp3) is 1.00. The molecular formula is C19H32O. The monoisotopic (exact) mass is 276 g/mol. The minimum atomic E-state index is -0.318. The molecule has 20 heavy (non-hydrogen) atoms. The zero-order valence-corrected chi connectivity index (χ0v) is 13.5. The summed E-state index contributed by atoms with van der Waals surface area (Å²) in [6.07, 6.45) is 14.8. The van der Waals surface area contributed by atoms with E-state index < -0.39 is 0 Å². The quantitative estimate of drug-likeness (QED) is 0.665. The molecule has 4 fully saturated rings. The van der Waals surface area contributed by atoms with Gasteiger partial charge in [-0.15, -0.1) is 0 Å². The minimum absolute atomic E-state index is 0.242. The zero-order chi connectivity index (χ0) is 14.0. The Hall–Kier alpha value is -0.0400. The van der Waals surface area contributed by atoms with Gasteiger partial charge in [-0.1, -0.05) is 26.7 Å². The van der Waals surface area contributed by atoms with Gasteiger partial charge in [0.1, 0.15) is 0 Å². The molecule has 1 nitrogen and oxygen atoms in total. The van der Waals surface area contributed by atoms with E-state index in [2.05, 4.69) is 13.8 Å². The van der Waals surface area contributed by atoms with Gasteiger partial charge in [0.15, 0.2) is 0 Å². The topological polar surface area (TPSA) is 20.2 Å². The van der Waals surface area contributed by atoms with Crippen LogP contribution in [0.4, 0.5) is 0 Å². The summed E-state index contributed by atoms with van der Waals surface area (Å²) >= 11 is 0. The van der Waals surface area contributed by atoms with E-state index in [0.29, 0.717) is 11.3 Å². The molecule has 0 aliphatic heterocycles. The molecule has 4 rings (SSSR count). The van der Waals surface area contributed by atoms with Crippen LogP contribution >= 0.6 is 0 Å². The summed E-state index contributed by atoms with van der Waals surface area (Å²) in [7, 11) is 0. The molecule has 0 amide bonds. The normalized spacial score (nSPS) is 58.6. The fourth-order valence-corrected chi connectivity index (χ4v) is 7.25. The summed E-state index contributed by atoms with van der Waals surface area (Å²) in [5, 5.41) is 11.6. The van der Waals surface area contributed by atoms with Crippen molar-refractivity contribution in [3.63, 3.8) is 0 Å². The van der Waals surface area contributed by atoms with E-state index in [1.165, 1.54) is 64.2 Å². The van der Waals surface area contributed by atoms with Gasteiger partial charge in [-0.05, 0) is 86.4 Å². The van der Waals surface area contributed by atoms with Crippen LogP contribution in [0.25, 0.3) is 0 Å². The highest BCUT2D eigenvalue weighted by molar-refractivity contribution is 5.14. The third kappa shape index (κ3) is 1.54. The maximum atomic E-state index is 11.6. The summed E-state index contributed by atoms with van der Waals surface area (Å²) in [5.41, 5.74) is 0.480. The molecular weight excluding hydrogens is 244 g/mol. The van der Waals surface area contributed by atoms with Crippen molar-refractivity contribution < 1.29 is 5.11 Å². The molecule has 0 bridgehead atoms. The minimum Gasteiger partial charge on any atom is -0.389 e. The molecule has 0 aromatic rings. The van der Waals surface area contributed by atoms with Gasteiger partial charge in [0.05, 0.1) is 5.60 Å². The number of rotatable bonds is 0. The first-order valence-electron chi connectivity index (χ1n) is 9.22. The van der Waals surface area contributed by atoms with Gasteiger partial charge >= 0.3 is 0 Å². The van der Waals surface area contributed by atoms with Crippen LogP contribution in [0.5, 0.6) is 0 Å². The summed E-state index contributed by atoms with van der Waals surface area (Å²) in [5.74, 6) is 2.40. The first-order valence-corrected chi connectivity index (χ1v) is 9.22. The van der Waals surface area contributed by atoms with Gasteiger partial charge in [-0.25, -0.2) is 0 Å². The third-order valence-corrected chi connectivity index (χ3v) is 8.56. The van der Waals surface area contributed by atoms with Crippen LogP contribution in [-0.2, 0) is 0 Å². The van der Waals surface area contributed by atoms with E-state index in [0.717, 1.165) is 18.3 Å². The van der Waals surface area contributed by atoms with Crippen LogP contribution in [0.2, 0.25) is 0 Å². The first-order chi connectivity index (χ1) is 9.50. The van der Waals surface area contributed by atoms with Crippen LogP contribution in [0, 0.1) is 28.6 Å². The van der Waals surface area contributed by atoms with E-state index in [9.17, 15) is 5.11 Å². The first kappa shape index (κ1) is 13.6. The van der Waals surface area contributed by atoms with E-state index >= 15 is 0 Å². The number of fused-ring (bicyclic) bond motifs is 5. The van der Waals surface area contributed by atoms with Crippen molar-refractivity contribution in [2.24, 2.45) is 28.6 Å². The van der Waals surface area contributed by atoms with Crippen LogP contribution in [0.3, 0.4) is 0 Å². The van der Waals surface area contributed by atoms with E-state index in [1.54, 1.807) is 0 Å². The summed E-state index contributed by atoms with van der Waals surface area (Å²) < 4.78 is 0. The van der Waals surface area contributed by atoms with Gasteiger partial charge in [0, 0.05) is 0 Å². The van der Waals surface area contributed by atoms with Crippen molar-refractivity contribution >= 4 is 0 Å². The second kappa shape index (κ2) is 4.24. The second-order valence-corrected chi connectivity index (χ2v) is 9.12. The highest BCUT2D eigenvalue weighted by atomic mass is 16.3. The molecule has 1 heteroatoms. The van der Waals surface area contributed by atoms with Gasteiger partial charge in [-0.2, -0.15) is 0 Å². The molecule has 0 heterocycles. The average molecular weight is 276 g/mol. The molecule has 0 radical (unpaired) electrons. The molecule has 0 aromatic carbocycles. The largest absolute Gasteiger partial charge is 0.389 e. The molecule has 0 aromatic heterocycles. The molecule has 1 unspecified atom stereocenters. The highest BCUT2D eigenvalue weighted by Gasteiger charge is 2.63. The molecule has 1 N–H and O–H groups in total. The van der Waals surface area contributed by atoms with Crippen LogP contribution in [-0.4, -0.2) is 10.7 Å². The van der Waals surface area contributed by atoms with E-state index in [-0.39, 0.29) is 11.0 Å². The lowest BCUT2D eigenvalue weighted by Gasteiger charge is -2.62. The predicted octanol–water partition coefficient (Wildman–Crippen LogP) is 4.92. The third-order valence-electron chi connectivity index (χ3n) is 8.56. The Morgan fingerprint density at radius 2 is 1.60 bits per heavy atom. The standard InChI is InChI=1S/C19H32O/c1-17-10-5-12-19(17,20)16-8-7-14-6-3-4-11-18(14,2)15(16)9-13-17/h14-16,20H,3-13H2,1-2H3/t14?,15-,16-,17+,18+,19-/m1/s1. The van der Waals surface area contributed by atoms with Crippen molar-refractivity contribution in [2.75, 3.05) is 0 Å². The van der Waals surface area contributed by atoms with Gasteiger partial charge in [-0.3, -0.25) is 0 Å². The van der Waals surface area contributed by atoms with Crippen molar-refractivity contribution in [3.05, 3.63) is 0 Å². The molecule has 4 aliphatic carbocycles. The molecule has 4 aliphatic rings. The molecule has 0 spiro atoms. The summed E-state index contributed by atoms with van der Waals surface area (Å²) in [6, 6.07) is 0. The van der Waals surface area contributed by atoms with Gasteiger partial charge in [0.2, 0.25) is 0 Å². The predicted molar refractivity (Wildman–Crippen MR) is 82.4 cm³/mol. The highest BCUT2D eigenvalue weighted by Crippen LogP contribution is 2.67. The van der Waals surface area contributed by atoms with Crippen LogP contribution in [0.1, 0.15) is 84.5 Å². The SMILES string of the molecule is C[C@@]12CCC[C@@]1(O)[C@@H]1CCC3CCCC[C@]3(C)[C@@H]1CC2. The van der Waals surface area contributed by atoms with E-state index in [1.807, 2.05) is 0 Å². The smallest absolute Gasteiger partial charge is 0.0731 e. The fourth-order valence-electron chi connectivity index (χ4n) is 7.25. The van der Waals surface area contributed by atoms with Crippen molar-refractivity contribution in [1.82, 2.24) is 0 Å². The van der Waals surface area contributed by atoms with Gasteiger partial charge < -0.3 is 5.11 Å².